The Morgan fingerprint density at radius 2 is 1.90 bits per heavy atom. The predicted octanol–water partition coefficient (Wildman–Crippen LogP) is 2.51. The zero-order valence-electron chi connectivity index (χ0n) is 11.1. The summed E-state index contributed by atoms with van der Waals surface area (Å²) in [6.07, 6.45) is 6.28. The van der Waals surface area contributed by atoms with Crippen LogP contribution in [0.4, 0.5) is 0 Å². The molecule has 2 N–H and O–H groups in total. The van der Waals surface area contributed by atoms with Crippen LogP contribution in [-0.2, 0) is 6.42 Å². The third-order valence-corrected chi connectivity index (χ3v) is 3.19. The lowest BCUT2D eigenvalue weighted by atomic mass is 10.1. The number of benzene rings is 1. The summed E-state index contributed by atoms with van der Waals surface area (Å²) in [7, 11) is 0. The van der Waals surface area contributed by atoms with Crippen LogP contribution in [-0.4, -0.2) is 14.8 Å². The standard InChI is InChI=1S/C16H16N4/c17-15(11-13-5-4-9-18-12-13)16-8-10-20(19-16)14-6-2-1-3-7-14/h1-10,12,15H,11,17H2. The van der Waals surface area contributed by atoms with Crippen LogP contribution in [0.1, 0.15) is 17.3 Å². The molecule has 3 rings (SSSR count). The van der Waals surface area contributed by atoms with Crippen molar-refractivity contribution in [2.75, 3.05) is 0 Å². The molecule has 0 saturated heterocycles. The first-order valence-corrected chi connectivity index (χ1v) is 6.58. The monoisotopic (exact) mass is 264 g/mol. The number of aromatic nitrogens is 3. The second-order valence-electron chi connectivity index (χ2n) is 4.69. The van der Waals surface area contributed by atoms with Crippen LogP contribution < -0.4 is 5.73 Å². The molecule has 0 bridgehead atoms. The van der Waals surface area contributed by atoms with Crippen molar-refractivity contribution >= 4 is 0 Å². The van der Waals surface area contributed by atoms with Crippen LogP contribution >= 0.6 is 0 Å². The van der Waals surface area contributed by atoms with Crippen LogP contribution in [0.15, 0.2) is 67.1 Å². The third kappa shape index (κ3) is 2.75. The maximum atomic E-state index is 6.21. The summed E-state index contributed by atoms with van der Waals surface area (Å²) in [4.78, 5) is 4.10. The van der Waals surface area contributed by atoms with Crippen molar-refractivity contribution in [3.8, 4) is 5.69 Å². The van der Waals surface area contributed by atoms with E-state index >= 15 is 0 Å². The van der Waals surface area contributed by atoms with Crippen LogP contribution in [0.3, 0.4) is 0 Å². The average molecular weight is 264 g/mol. The summed E-state index contributed by atoms with van der Waals surface area (Å²) in [6, 6.07) is 15.8. The fourth-order valence-corrected chi connectivity index (χ4v) is 2.14. The highest BCUT2D eigenvalue weighted by atomic mass is 15.3. The van der Waals surface area contributed by atoms with Crippen molar-refractivity contribution in [2.45, 2.75) is 12.5 Å². The van der Waals surface area contributed by atoms with E-state index < -0.39 is 0 Å². The van der Waals surface area contributed by atoms with Gasteiger partial charge in [0.05, 0.1) is 17.4 Å². The summed E-state index contributed by atoms with van der Waals surface area (Å²) in [5.41, 5.74) is 9.26. The molecule has 100 valence electrons. The molecule has 0 aliphatic rings. The first-order valence-electron chi connectivity index (χ1n) is 6.58. The lowest BCUT2D eigenvalue weighted by Gasteiger charge is -2.08. The number of para-hydroxylation sites is 1. The fourth-order valence-electron chi connectivity index (χ4n) is 2.14. The van der Waals surface area contributed by atoms with Gasteiger partial charge in [0.15, 0.2) is 0 Å². The predicted molar refractivity (Wildman–Crippen MR) is 78.4 cm³/mol. The van der Waals surface area contributed by atoms with Crippen molar-refractivity contribution in [2.24, 2.45) is 5.73 Å². The molecule has 0 fully saturated rings. The molecule has 4 heteroatoms. The molecule has 1 atom stereocenters. The highest BCUT2D eigenvalue weighted by Gasteiger charge is 2.11. The Hall–Kier alpha value is -2.46. The molecule has 0 aliphatic heterocycles. The molecular formula is C16H16N4. The normalized spacial score (nSPS) is 12.2. The van der Waals surface area contributed by atoms with Gasteiger partial charge in [0.2, 0.25) is 0 Å². The number of hydrogen-bond donors (Lipinski definition) is 1. The number of nitrogens with two attached hydrogens (primary N) is 1. The third-order valence-electron chi connectivity index (χ3n) is 3.19. The van der Waals surface area contributed by atoms with Gasteiger partial charge in [-0.15, -0.1) is 0 Å². The molecule has 2 aromatic heterocycles. The molecule has 0 saturated carbocycles. The molecule has 0 spiro atoms. The fraction of sp³-hybridized carbons (Fsp3) is 0.125. The topological polar surface area (TPSA) is 56.7 Å². The van der Waals surface area contributed by atoms with E-state index in [2.05, 4.69) is 10.1 Å². The van der Waals surface area contributed by atoms with Gasteiger partial charge < -0.3 is 5.73 Å². The molecule has 0 amide bonds. The van der Waals surface area contributed by atoms with E-state index in [-0.39, 0.29) is 6.04 Å². The first kappa shape index (κ1) is 12.6. The zero-order chi connectivity index (χ0) is 13.8. The second-order valence-corrected chi connectivity index (χ2v) is 4.69. The molecule has 1 aromatic carbocycles. The number of hydrogen-bond acceptors (Lipinski definition) is 3. The molecule has 3 aromatic rings. The number of nitrogens with zero attached hydrogens (tertiary/aromatic N) is 3. The Balaban J connectivity index is 1.77. The first-order chi connectivity index (χ1) is 9.83. The van der Waals surface area contributed by atoms with Crippen molar-refractivity contribution in [1.82, 2.24) is 14.8 Å². The summed E-state index contributed by atoms with van der Waals surface area (Å²) in [5.74, 6) is 0. The van der Waals surface area contributed by atoms with Crippen LogP contribution in [0.5, 0.6) is 0 Å². The minimum Gasteiger partial charge on any atom is -0.322 e. The molecule has 0 radical (unpaired) electrons. The largest absolute Gasteiger partial charge is 0.322 e. The van der Waals surface area contributed by atoms with E-state index in [1.165, 1.54) is 0 Å². The van der Waals surface area contributed by atoms with Crippen LogP contribution in [0.25, 0.3) is 5.69 Å². The lowest BCUT2D eigenvalue weighted by Crippen LogP contribution is -2.14. The van der Waals surface area contributed by atoms with Gasteiger partial charge in [0.25, 0.3) is 0 Å². The Labute approximate surface area is 117 Å². The van der Waals surface area contributed by atoms with Crippen molar-refractivity contribution in [3.63, 3.8) is 0 Å². The highest BCUT2D eigenvalue weighted by molar-refractivity contribution is 5.30. The van der Waals surface area contributed by atoms with Crippen molar-refractivity contribution in [3.05, 3.63) is 78.4 Å². The van der Waals surface area contributed by atoms with Gasteiger partial charge in [0.1, 0.15) is 0 Å². The maximum Gasteiger partial charge on any atom is 0.0799 e. The summed E-state index contributed by atoms with van der Waals surface area (Å²) in [5, 5.41) is 4.55. The van der Waals surface area contributed by atoms with E-state index in [9.17, 15) is 0 Å². The number of rotatable bonds is 4. The summed E-state index contributed by atoms with van der Waals surface area (Å²) in [6.45, 7) is 0. The van der Waals surface area contributed by atoms with E-state index in [0.717, 1.165) is 23.4 Å². The summed E-state index contributed by atoms with van der Waals surface area (Å²) >= 11 is 0. The molecule has 20 heavy (non-hydrogen) atoms. The smallest absolute Gasteiger partial charge is 0.0799 e. The number of pyridine rings is 1. The van der Waals surface area contributed by atoms with Crippen molar-refractivity contribution < 1.29 is 0 Å². The van der Waals surface area contributed by atoms with Crippen LogP contribution in [0.2, 0.25) is 0 Å². The van der Waals surface area contributed by atoms with E-state index in [1.807, 2.05) is 65.6 Å². The molecule has 1 unspecified atom stereocenters. The van der Waals surface area contributed by atoms with Crippen LogP contribution in [0, 0.1) is 0 Å². The maximum absolute atomic E-state index is 6.21. The Kier molecular flexibility index (Phi) is 3.56. The van der Waals surface area contributed by atoms with Gasteiger partial charge in [-0.25, -0.2) is 4.68 Å². The van der Waals surface area contributed by atoms with Gasteiger partial charge in [0, 0.05) is 18.6 Å². The molecular weight excluding hydrogens is 248 g/mol. The molecule has 4 nitrogen and oxygen atoms in total. The van der Waals surface area contributed by atoms with Gasteiger partial charge >= 0.3 is 0 Å². The summed E-state index contributed by atoms with van der Waals surface area (Å²) < 4.78 is 1.85. The SMILES string of the molecule is NC(Cc1cccnc1)c1ccn(-c2ccccc2)n1. The Bertz CT molecular complexity index is 661. The van der Waals surface area contributed by atoms with Gasteiger partial charge in [-0.2, -0.15) is 5.10 Å². The Morgan fingerprint density at radius 3 is 2.65 bits per heavy atom. The average Bonchev–Trinajstić information content (AvgIpc) is 2.99. The van der Waals surface area contributed by atoms with E-state index in [4.69, 9.17) is 5.73 Å². The lowest BCUT2D eigenvalue weighted by molar-refractivity contribution is 0.676. The van der Waals surface area contributed by atoms with Gasteiger partial charge in [-0.3, -0.25) is 4.98 Å². The molecule has 2 heterocycles. The van der Waals surface area contributed by atoms with Gasteiger partial charge in [-0.05, 0) is 36.2 Å². The van der Waals surface area contributed by atoms with Gasteiger partial charge in [-0.1, -0.05) is 24.3 Å². The van der Waals surface area contributed by atoms with E-state index in [1.54, 1.807) is 6.20 Å². The van der Waals surface area contributed by atoms with E-state index in [0.29, 0.717) is 0 Å². The second kappa shape index (κ2) is 5.67. The minimum atomic E-state index is -0.121. The Morgan fingerprint density at radius 1 is 1.05 bits per heavy atom. The highest BCUT2D eigenvalue weighted by Crippen LogP contribution is 2.15. The van der Waals surface area contributed by atoms with Crippen molar-refractivity contribution in [1.29, 1.82) is 0 Å². The minimum absolute atomic E-state index is 0.121. The molecule has 0 aliphatic carbocycles. The quantitative estimate of drug-likeness (QED) is 0.787. The zero-order valence-corrected chi connectivity index (χ0v) is 11.1.